The van der Waals surface area contributed by atoms with E-state index in [1.54, 1.807) is 49.6 Å². The molecule has 0 aliphatic heterocycles. The van der Waals surface area contributed by atoms with Crippen LogP contribution >= 0.6 is 0 Å². The van der Waals surface area contributed by atoms with Crippen molar-refractivity contribution >= 4 is 33.9 Å². The van der Waals surface area contributed by atoms with Crippen LogP contribution in [0.2, 0.25) is 0 Å². The zero-order chi connectivity index (χ0) is 19.1. The van der Waals surface area contributed by atoms with Crippen LogP contribution in [0.1, 0.15) is 20.8 Å². The van der Waals surface area contributed by atoms with E-state index in [0.717, 1.165) is 0 Å². The minimum atomic E-state index is -0.533. The topological polar surface area (TPSA) is 94.2 Å². The Balaban J connectivity index is 2.04. The van der Waals surface area contributed by atoms with Crippen LogP contribution in [-0.2, 0) is 13.6 Å². The second-order valence-corrected chi connectivity index (χ2v) is 6.21. The minimum Gasteiger partial charge on any atom is -0.505 e. The van der Waals surface area contributed by atoms with Gasteiger partial charge in [-0.3, -0.25) is 23.9 Å². The van der Waals surface area contributed by atoms with Crippen molar-refractivity contribution in [3.05, 3.63) is 70.4 Å². The lowest BCUT2D eigenvalue weighted by Crippen LogP contribution is -2.25. The Labute approximate surface area is 153 Å². The third-order valence-corrected chi connectivity index (χ3v) is 4.73. The van der Waals surface area contributed by atoms with Crippen LogP contribution in [0.5, 0.6) is 5.75 Å². The van der Waals surface area contributed by atoms with Gasteiger partial charge in [0.05, 0.1) is 17.6 Å². The van der Waals surface area contributed by atoms with Gasteiger partial charge in [-0.1, -0.05) is 30.3 Å². The van der Waals surface area contributed by atoms with Gasteiger partial charge in [0.25, 0.3) is 5.56 Å². The van der Waals surface area contributed by atoms with Gasteiger partial charge >= 0.3 is 0 Å². The number of aromatic nitrogens is 3. The van der Waals surface area contributed by atoms with Crippen LogP contribution in [0.15, 0.2) is 53.6 Å². The number of hydrogen-bond acceptors (Lipinski definition) is 5. The molecule has 0 unspecified atom stereocenters. The lowest BCUT2D eigenvalue weighted by atomic mass is 10.1. The molecule has 4 aromatic rings. The van der Waals surface area contributed by atoms with Crippen LogP contribution in [0.4, 0.5) is 0 Å². The summed E-state index contributed by atoms with van der Waals surface area (Å²) in [5, 5.41) is 11.0. The number of hydrogen-bond donors (Lipinski definition) is 1. The number of nitrogens with zero attached hydrogens (tertiary/aromatic N) is 3. The maximum absolute atomic E-state index is 13.1. The highest BCUT2D eigenvalue weighted by atomic mass is 16.3. The van der Waals surface area contributed by atoms with E-state index in [1.165, 1.54) is 15.3 Å². The molecule has 0 spiro atoms. The Morgan fingerprint density at radius 2 is 1.96 bits per heavy atom. The summed E-state index contributed by atoms with van der Waals surface area (Å²) in [7, 11) is 1.59. The van der Waals surface area contributed by atoms with Gasteiger partial charge in [-0.05, 0) is 6.07 Å². The van der Waals surface area contributed by atoms with Crippen molar-refractivity contribution in [3.63, 3.8) is 0 Å². The van der Waals surface area contributed by atoms with Gasteiger partial charge in [0.15, 0.2) is 17.8 Å². The molecular weight excluding hydrogens is 346 g/mol. The molecule has 27 heavy (non-hydrogen) atoms. The van der Waals surface area contributed by atoms with Crippen LogP contribution < -0.4 is 5.56 Å². The number of benzene rings is 1. The van der Waals surface area contributed by atoms with Gasteiger partial charge in [0.2, 0.25) is 0 Å². The zero-order valence-electron chi connectivity index (χ0n) is 14.4. The Morgan fingerprint density at radius 1 is 1.22 bits per heavy atom. The highest BCUT2D eigenvalue weighted by Crippen LogP contribution is 2.32. The summed E-state index contributed by atoms with van der Waals surface area (Å²) >= 11 is 0. The first-order chi connectivity index (χ1) is 13.0. The lowest BCUT2D eigenvalue weighted by Gasteiger charge is -2.11. The zero-order valence-corrected chi connectivity index (χ0v) is 14.4. The molecule has 0 aliphatic carbocycles. The highest BCUT2D eigenvalue weighted by Gasteiger charge is 2.23. The fraction of sp³-hybridized carbons (Fsp3) is 0.100. The summed E-state index contributed by atoms with van der Waals surface area (Å²) < 4.78 is 2.77. The molecule has 7 nitrogen and oxygen atoms in total. The molecule has 0 atom stereocenters. The molecule has 4 rings (SSSR count). The molecule has 0 bridgehead atoms. The van der Waals surface area contributed by atoms with Gasteiger partial charge in [0.1, 0.15) is 11.1 Å². The lowest BCUT2D eigenvalue weighted by molar-refractivity contribution is 0.0972. The number of carbonyl (C=O) groups excluding carboxylic acids is 2. The first kappa shape index (κ1) is 16.7. The van der Waals surface area contributed by atoms with Crippen LogP contribution in [-0.4, -0.2) is 31.3 Å². The van der Waals surface area contributed by atoms with E-state index < -0.39 is 5.56 Å². The molecule has 1 N–H and O–H groups in total. The van der Waals surface area contributed by atoms with E-state index >= 15 is 0 Å². The second kappa shape index (κ2) is 6.21. The Hall–Kier alpha value is -3.74. The molecule has 0 saturated carbocycles. The van der Waals surface area contributed by atoms with Crippen molar-refractivity contribution in [2.75, 3.05) is 0 Å². The quantitative estimate of drug-likeness (QED) is 0.445. The van der Waals surface area contributed by atoms with Crippen LogP contribution in [0.25, 0.3) is 21.8 Å². The van der Waals surface area contributed by atoms with E-state index in [2.05, 4.69) is 4.98 Å². The molecule has 3 aromatic heterocycles. The maximum Gasteiger partial charge on any atom is 0.264 e. The van der Waals surface area contributed by atoms with Crippen molar-refractivity contribution in [2.45, 2.75) is 6.54 Å². The van der Waals surface area contributed by atoms with Gasteiger partial charge in [-0.2, -0.15) is 0 Å². The van der Waals surface area contributed by atoms with Crippen molar-refractivity contribution in [3.8, 4) is 5.75 Å². The monoisotopic (exact) mass is 361 g/mol. The van der Waals surface area contributed by atoms with Gasteiger partial charge < -0.3 is 9.67 Å². The Kier molecular flexibility index (Phi) is 3.84. The summed E-state index contributed by atoms with van der Waals surface area (Å²) in [5.74, 6) is -0.625. The SMILES string of the molecule is Cn1c(C=O)c(O)c2c(=O)n(CC(=O)c3ccccc3)c3ccncc3c21. The number of pyridine rings is 2. The Morgan fingerprint density at radius 3 is 2.67 bits per heavy atom. The number of aromatic hydroxyl groups is 1. The predicted molar refractivity (Wildman–Crippen MR) is 100 cm³/mol. The minimum absolute atomic E-state index is 0.000566. The summed E-state index contributed by atoms with van der Waals surface area (Å²) in [6.45, 7) is -0.190. The molecule has 0 saturated heterocycles. The van der Waals surface area contributed by atoms with Crippen molar-refractivity contribution in [1.82, 2.24) is 14.1 Å². The second-order valence-electron chi connectivity index (χ2n) is 6.21. The standard InChI is InChI=1S/C20H15N3O4/c1-22-15(11-24)19(26)17-18(22)13-9-21-8-7-14(13)23(20(17)27)10-16(25)12-5-3-2-4-6-12/h2-9,11,26H,10H2,1H3. The van der Waals surface area contributed by atoms with Gasteiger partial charge in [-0.25, -0.2) is 0 Å². The molecular formula is C20H15N3O4. The average molecular weight is 361 g/mol. The molecule has 0 fully saturated rings. The highest BCUT2D eigenvalue weighted by molar-refractivity contribution is 6.09. The fourth-order valence-electron chi connectivity index (χ4n) is 3.41. The smallest absolute Gasteiger partial charge is 0.264 e. The summed E-state index contributed by atoms with van der Waals surface area (Å²) in [5.41, 5.74) is 0.863. The largest absolute Gasteiger partial charge is 0.505 e. The molecule has 0 amide bonds. The summed E-state index contributed by atoms with van der Waals surface area (Å²) in [6, 6.07) is 10.3. The average Bonchev–Trinajstić information content (AvgIpc) is 2.95. The number of carbonyl (C=O) groups is 2. The number of fused-ring (bicyclic) bond motifs is 3. The molecule has 1 aromatic carbocycles. The molecule has 0 radical (unpaired) electrons. The number of ketones is 1. The number of aldehydes is 1. The summed E-state index contributed by atoms with van der Waals surface area (Å²) in [4.78, 5) is 41.2. The van der Waals surface area contributed by atoms with E-state index in [4.69, 9.17) is 0 Å². The molecule has 0 aliphatic rings. The first-order valence-corrected chi connectivity index (χ1v) is 8.26. The van der Waals surface area contributed by atoms with Crippen LogP contribution in [0.3, 0.4) is 0 Å². The summed E-state index contributed by atoms with van der Waals surface area (Å²) in [6.07, 6.45) is 3.57. The number of Topliss-reactive ketones (excluding diaryl/α,β-unsaturated/α-hetero) is 1. The molecule has 7 heteroatoms. The van der Waals surface area contributed by atoms with E-state index in [-0.39, 0.29) is 29.2 Å². The first-order valence-electron chi connectivity index (χ1n) is 8.26. The van der Waals surface area contributed by atoms with Gasteiger partial charge in [0, 0.05) is 30.4 Å². The van der Waals surface area contributed by atoms with E-state index in [9.17, 15) is 19.5 Å². The van der Waals surface area contributed by atoms with E-state index in [0.29, 0.717) is 28.3 Å². The number of rotatable bonds is 4. The van der Waals surface area contributed by atoms with Crippen molar-refractivity contribution in [1.29, 1.82) is 0 Å². The third kappa shape index (κ3) is 2.43. The van der Waals surface area contributed by atoms with Crippen molar-refractivity contribution < 1.29 is 14.7 Å². The Bertz CT molecular complexity index is 1270. The molecule has 3 heterocycles. The van der Waals surface area contributed by atoms with E-state index in [1.807, 2.05) is 0 Å². The van der Waals surface area contributed by atoms with Gasteiger partial charge in [-0.15, -0.1) is 0 Å². The third-order valence-electron chi connectivity index (χ3n) is 4.73. The normalized spacial score (nSPS) is 11.1. The maximum atomic E-state index is 13.1. The van der Waals surface area contributed by atoms with Crippen molar-refractivity contribution in [2.24, 2.45) is 7.05 Å². The van der Waals surface area contributed by atoms with Crippen LogP contribution in [0, 0.1) is 0 Å². The fourth-order valence-corrected chi connectivity index (χ4v) is 3.41. The molecule has 134 valence electrons. The number of aryl methyl sites for hydroxylation is 1. The predicted octanol–water partition coefficient (Wildman–Crippen LogP) is 2.29.